The number of carbonyl (C=O) groups excluding carboxylic acids is 1. The van der Waals surface area contributed by atoms with Crippen LogP contribution >= 0.6 is 27.3 Å². The van der Waals surface area contributed by atoms with E-state index in [9.17, 15) is 9.90 Å². The average Bonchev–Trinajstić information content (AvgIpc) is 3.06. The molecule has 6 heteroatoms. The van der Waals surface area contributed by atoms with Crippen LogP contribution in [0.1, 0.15) is 37.3 Å². The van der Waals surface area contributed by atoms with Crippen molar-refractivity contribution in [3.05, 3.63) is 63.4 Å². The number of aliphatic hydroxyl groups is 1. The number of benzene rings is 2. The first-order valence-corrected chi connectivity index (χ1v) is 11.4. The summed E-state index contributed by atoms with van der Waals surface area (Å²) in [6.45, 7) is 2.67. The van der Waals surface area contributed by atoms with Gasteiger partial charge in [-0.1, -0.05) is 18.2 Å². The van der Waals surface area contributed by atoms with E-state index in [1.54, 1.807) is 18.3 Å². The number of ether oxygens (including phenoxy) is 2. The number of hydrogen-bond acceptors (Lipinski definition) is 5. The highest BCUT2D eigenvalue weighted by molar-refractivity contribution is 9.10. The van der Waals surface area contributed by atoms with Crippen LogP contribution in [0.3, 0.4) is 0 Å². The fourth-order valence-corrected chi connectivity index (χ4v) is 5.56. The van der Waals surface area contributed by atoms with Gasteiger partial charge >= 0.3 is 5.97 Å². The van der Waals surface area contributed by atoms with Gasteiger partial charge in [0.15, 0.2) is 0 Å². The lowest BCUT2D eigenvalue weighted by Crippen LogP contribution is -2.46. The van der Waals surface area contributed by atoms with E-state index in [2.05, 4.69) is 39.5 Å². The largest absolute Gasteiger partial charge is 0.489 e. The van der Waals surface area contributed by atoms with E-state index in [-0.39, 0.29) is 17.5 Å². The van der Waals surface area contributed by atoms with Crippen LogP contribution in [0.15, 0.2) is 52.3 Å². The predicted octanol–water partition coefficient (Wildman–Crippen LogP) is 5.59. The zero-order valence-corrected chi connectivity index (χ0v) is 18.6. The molecule has 1 N–H and O–H groups in total. The number of hydrogen-bond donors (Lipinski definition) is 1. The lowest BCUT2D eigenvalue weighted by molar-refractivity contribution is -0.147. The summed E-state index contributed by atoms with van der Waals surface area (Å²) < 4.78 is 13.5. The van der Waals surface area contributed by atoms with Crippen LogP contribution in [0.2, 0.25) is 0 Å². The molecular weight excluding hydrogens is 452 g/mol. The van der Waals surface area contributed by atoms with Crippen molar-refractivity contribution in [2.24, 2.45) is 0 Å². The van der Waals surface area contributed by atoms with E-state index >= 15 is 0 Å². The zero-order chi connectivity index (χ0) is 20.4. The molecule has 0 amide bonds. The standard InChI is InChI=1S/C23H23BrO4S/c1-2-27-22(26)12-23(10-17(25)11-23)16-4-6-18(7-5-16)28-13-15-3-8-21-19(9-15)20(24)14-29-21/h3-9,14,17,25H,2,10-13H2,1H3. The molecule has 1 aliphatic rings. The molecule has 29 heavy (non-hydrogen) atoms. The molecule has 1 aromatic heterocycles. The third-order valence-electron chi connectivity index (χ3n) is 5.50. The van der Waals surface area contributed by atoms with Crippen LogP contribution in [-0.4, -0.2) is 23.8 Å². The maximum absolute atomic E-state index is 12.0. The van der Waals surface area contributed by atoms with Crippen molar-refractivity contribution >= 4 is 43.3 Å². The van der Waals surface area contributed by atoms with Crippen molar-refractivity contribution in [2.45, 2.75) is 44.3 Å². The lowest BCUT2D eigenvalue weighted by atomic mass is 9.61. The number of rotatable bonds is 7. The molecule has 3 aromatic rings. The van der Waals surface area contributed by atoms with Crippen molar-refractivity contribution < 1.29 is 19.4 Å². The number of carbonyl (C=O) groups is 1. The SMILES string of the molecule is CCOC(=O)CC1(c2ccc(OCc3ccc4scc(Br)c4c3)cc2)CC(O)C1. The van der Waals surface area contributed by atoms with E-state index in [1.807, 2.05) is 24.3 Å². The Bertz CT molecular complexity index is 1010. The summed E-state index contributed by atoms with van der Waals surface area (Å²) in [5.41, 5.74) is 1.83. The topological polar surface area (TPSA) is 55.8 Å². The molecule has 1 aliphatic carbocycles. The molecular formula is C23H23BrO4S. The van der Waals surface area contributed by atoms with Crippen molar-refractivity contribution in [3.8, 4) is 5.75 Å². The second kappa shape index (κ2) is 8.46. The molecule has 4 rings (SSSR count). The Morgan fingerprint density at radius 3 is 2.69 bits per heavy atom. The molecule has 0 saturated heterocycles. The summed E-state index contributed by atoms with van der Waals surface area (Å²) in [5.74, 6) is 0.569. The number of esters is 1. The first-order valence-electron chi connectivity index (χ1n) is 9.72. The van der Waals surface area contributed by atoms with Gasteiger partial charge in [0, 0.05) is 25.4 Å². The van der Waals surface area contributed by atoms with Gasteiger partial charge in [-0.3, -0.25) is 4.79 Å². The number of fused-ring (bicyclic) bond motifs is 1. The van der Waals surface area contributed by atoms with Crippen molar-refractivity contribution in [2.75, 3.05) is 6.61 Å². The van der Waals surface area contributed by atoms with Gasteiger partial charge in [-0.2, -0.15) is 0 Å². The van der Waals surface area contributed by atoms with E-state index in [0.29, 0.717) is 32.5 Å². The van der Waals surface area contributed by atoms with Gasteiger partial charge in [0.2, 0.25) is 0 Å². The van der Waals surface area contributed by atoms with Gasteiger partial charge in [-0.25, -0.2) is 0 Å². The van der Waals surface area contributed by atoms with E-state index in [1.165, 1.54) is 10.1 Å². The quantitative estimate of drug-likeness (QED) is 0.453. The monoisotopic (exact) mass is 474 g/mol. The molecule has 4 nitrogen and oxygen atoms in total. The Balaban J connectivity index is 1.43. The van der Waals surface area contributed by atoms with E-state index in [0.717, 1.165) is 21.3 Å². The molecule has 2 aromatic carbocycles. The number of halogens is 1. The minimum Gasteiger partial charge on any atom is -0.489 e. The second-order valence-corrected chi connectivity index (χ2v) is 9.32. The Hall–Kier alpha value is -1.89. The smallest absolute Gasteiger partial charge is 0.306 e. The minimum absolute atomic E-state index is 0.213. The normalized spacial score (nSPS) is 21.0. The van der Waals surface area contributed by atoms with Gasteiger partial charge < -0.3 is 14.6 Å². The van der Waals surface area contributed by atoms with Gasteiger partial charge in [0.05, 0.1) is 19.1 Å². The van der Waals surface area contributed by atoms with Gasteiger partial charge in [0.1, 0.15) is 12.4 Å². The van der Waals surface area contributed by atoms with Crippen LogP contribution in [0.5, 0.6) is 5.75 Å². The van der Waals surface area contributed by atoms with E-state index < -0.39 is 0 Å². The minimum atomic E-state index is -0.355. The van der Waals surface area contributed by atoms with Crippen molar-refractivity contribution in [1.82, 2.24) is 0 Å². The fourth-order valence-electron chi connectivity index (χ4n) is 4.02. The molecule has 0 bridgehead atoms. The first-order chi connectivity index (χ1) is 14.0. The van der Waals surface area contributed by atoms with Crippen LogP contribution in [0.4, 0.5) is 0 Å². The third kappa shape index (κ3) is 4.34. The Kier molecular flexibility index (Phi) is 5.95. The molecule has 0 radical (unpaired) electrons. The molecule has 0 aliphatic heterocycles. The molecule has 1 fully saturated rings. The van der Waals surface area contributed by atoms with Crippen molar-refractivity contribution in [1.29, 1.82) is 0 Å². The Morgan fingerprint density at radius 1 is 1.24 bits per heavy atom. The van der Waals surface area contributed by atoms with Crippen LogP contribution in [0, 0.1) is 0 Å². The lowest BCUT2D eigenvalue weighted by Gasteiger charge is -2.45. The van der Waals surface area contributed by atoms with Crippen LogP contribution < -0.4 is 4.74 Å². The first kappa shape index (κ1) is 20.4. The summed E-state index contributed by atoms with van der Waals surface area (Å²) >= 11 is 5.30. The van der Waals surface area contributed by atoms with Gasteiger partial charge in [-0.05, 0) is 71.1 Å². The van der Waals surface area contributed by atoms with Crippen LogP contribution in [0.25, 0.3) is 10.1 Å². The third-order valence-corrected chi connectivity index (χ3v) is 7.43. The predicted molar refractivity (Wildman–Crippen MR) is 118 cm³/mol. The Labute approximate surface area is 182 Å². The maximum atomic E-state index is 12.0. The van der Waals surface area contributed by atoms with Gasteiger partial charge in [0.25, 0.3) is 0 Å². The number of thiophene rings is 1. The zero-order valence-electron chi connectivity index (χ0n) is 16.2. The molecule has 0 spiro atoms. The summed E-state index contributed by atoms with van der Waals surface area (Å²) in [4.78, 5) is 12.0. The molecule has 0 atom stereocenters. The highest BCUT2D eigenvalue weighted by atomic mass is 79.9. The average molecular weight is 475 g/mol. The summed E-state index contributed by atoms with van der Waals surface area (Å²) in [5, 5.41) is 13.2. The molecule has 1 heterocycles. The summed E-state index contributed by atoms with van der Waals surface area (Å²) in [7, 11) is 0. The molecule has 152 valence electrons. The highest BCUT2D eigenvalue weighted by Gasteiger charge is 2.46. The Morgan fingerprint density at radius 2 is 2.00 bits per heavy atom. The molecule has 1 saturated carbocycles. The summed E-state index contributed by atoms with van der Waals surface area (Å²) in [6, 6.07) is 14.2. The fraction of sp³-hybridized carbons (Fsp3) is 0.348. The molecule has 0 unspecified atom stereocenters. The maximum Gasteiger partial charge on any atom is 0.306 e. The van der Waals surface area contributed by atoms with Crippen molar-refractivity contribution in [3.63, 3.8) is 0 Å². The van der Waals surface area contributed by atoms with Gasteiger partial charge in [-0.15, -0.1) is 11.3 Å². The number of aliphatic hydroxyl groups excluding tert-OH is 1. The van der Waals surface area contributed by atoms with Crippen LogP contribution in [-0.2, 0) is 21.6 Å². The van der Waals surface area contributed by atoms with E-state index in [4.69, 9.17) is 9.47 Å². The highest BCUT2D eigenvalue weighted by Crippen LogP contribution is 2.47. The summed E-state index contributed by atoms with van der Waals surface area (Å²) in [6.07, 6.45) is 1.11. The second-order valence-electron chi connectivity index (χ2n) is 7.55.